The monoisotopic (exact) mass is 425 g/mol. The van der Waals surface area contributed by atoms with Crippen LogP contribution in [0.5, 0.6) is 11.5 Å². The summed E-state index contributed by atoms with van der Waals surface area (Å²) in [5, 5.41) is 5.84. The molecule has 0 bridgehead atoms. The summed E-state index contributed by atoms with van der Waals surface area (Å²) in [5.41, 5.74) is 4.30. The maximum absolute atomic E-state index is 12.7. The first-order valence-electron chi connectivity index (χ1n) is 8.86. The van der Waals surface area contributed by atoms with E-state index in [4.69, 9.17) is 9.47 Å². The summed E-state index contributed by atoms with van der Waals surface area (Å²) < 4.78 is 11.9. The van der Waals surface area contributed by atoms with Crippen molar-refractivity contribution in [3.63, 3.8) is 0 Å². The number of nitrogens with zero attached hydrogens (tertiary/aromatic N) is 2. The van der Waals surface area contributed by atoms with Gasteiger partial charge in [-0.15, -0.1) is 11.3 Å². The lowest BCUT2D eigenvalue weighted by atomic mass is 10.1. The van der Waals surface area contributed by atoms with Gasteiger partial charge in [0.15, 0.2) is 16.6 Å². The topological polar surface area (TPSA) is 73.3 Å². The minimum Gasteiger partial charge on any atom is -0.493 e. The Kier molecular flexibility index (Phi) is 5.21. The van der Waals surface area contributed by atoms with E-state index in [1.54, 1.807) is 19.6 Å². The number of ether oxygens (including phenoxy) is 2. The number of carbonyl (C=O) groups is 1. The van der Waals surface area contributed by atoms with E-state index in [2.05, 4.69) is 27.4 Å². The minimum atomic E-state index is -0.289. The van der Waals surface area contributed by atoms with Crippen LogP contribution in [0.4, 0.5) is 5.13 Å². The van der Waals surface area contributed by atoms with Crippen LogP contribution in [0.2, 0.25) is 0 Å². The Labute approximate surface area is 176 Å². The highest BCUT2D eigenvalue weighted by molar-refractivity contribution is 7.22. The molecule has 0 saturated heterocycles. The van der Waals surface area contributed by atoms with Gasteiger partial charge in [0.2, 0.25) is 0 Å². The van der Waals surface area contributed by atoms with E-state index in [0.29, 0.717) is 27.3 Å². The van der Waals surface area contributed by atoms with Gasteiger partial charge in [-0.2, -0.15) is 0 Å². The summed E-state index contributed by atoms with van der Waals surface area (Å²) in [5.74, 6) is 0.919. The zero-order valence-electron chi connectivity index (χ0n) is 16.4. The number of benzene rings is 2. The second-order valence-corrected chi connectivity index (χ2v) is 8.37. The number of anilines is 1. The van der Waals surface area contributed by atoms with Crippen molar-refractivity contribution in [1.82, 2.24) is 9.97 Å². The fourth-order valence-electron chi connectivity index (χ4n) is 3.14. The van der Waals surface area contributed by atoms with Crippen LogP contribution in [0.1, 0.15) is 21.6 Å². The molecule has 1 amide bonds. The average molecular weight is 426 g/mol. The Morgan fingerprint density at radius 3 is 2.69 bits per heavy atom. The Morgan fingerprint density at radius 1 is 1.10 bits per heavy atom. The standard InChI is InChI=1S/C21H19N3O3S2/c1-11-8-12(2)17-16(9-11)29-21(23-17)24-19(25)14-10-28-20(22-14)13-6-5-7-15(26-3)18(13)27-4/h5-10H,1-4H3,(H,23,24,25). The number of hydrogen-bond donors (Lipinski definition) is 1. The first-order chi connectivity index (χ1) is 14.0. The Bertz CT molecular complexity index is 1210. The second-order valence-electron chi connectivity index (χ2n) is 6.48. The summed E-state index contributed by atoms with van der Waals surface area (Å²) in [6.45, 7) is 4.07. The van der Waals surface area contributed by atoms with Crippen molar-refractivity contribution in [2.45, 2.75) is 13.8 Å². The van der Waals surface area contributed by atoms with Gasteiger partial charge in [0.25, 0.3) is 5.91 Å². The maximum atomic E-state index is 12.7. The van der Waals surface area contributed by atoms with E-state index in [0.717, 1.165) is 21.3 Å². The molecule has 0 fully saturated rings. The van der Waals surface area contributed by atoms with Crippen molar-refractivity contribution < 1.29 is 14.3 Å². The summed E-state index contributed by atoms with van der Waals surface area (Å²) >= 11 is 2.83. The molecule has 2 aromatic carbocycles. The normalized spacial score (nSPS) is 10.9. The van der Waals surface area contributed by atoms with Gasteiger partial charge >= 0.3 is 0 Å². The van der Waals surface area contributed by atoms with Gasteiger partial charge < -0.3 is 9.47 Å². The maximum Gasteiger partial charge on any atom is 0.276 e. The molecule has 4 aromatic rings. The first-order valence-corrected chi connectivity index (χ1v) is 10.6. The zero-order chi connectivity index (χ0) is 20.5. The molecule has 8 heteroatoms. The molecule has 148 valence electrons. The number of aromatic nitrogens is 2. The molecule has 0 saturated carbocycles. The summed E-state index contributed by atoms with van der Waals surface area (Å²) in [6.07, 6.45) is 0. The number of nitrogens with one attached hydrogen (secondary N) is 1. The predicted octanol–water partition coefficient (Wildman–Crippen LogP) is 5.31. The molecule has 0 radical (unpaired) electrons. The van der Waals surface area contributed by atoms with Crippen molar-refractivity contribution >= 4 is 43.9 Å². The van der Waals surface area contributed by atoms with E-state index in [9.17, 15) is 4.79 Å². The Balaban J connectivity index is 1.60. The first kappa shape index (κ1) is 19.4. The molecule has 1 N–H and O–H groups in total. The number of rotatable bonds is 5. The number of thiazole rings is 2. The zero-order valence-corrected chi connectivity index (χ0v) is 18.0. The highest BCUT2D eigenvalue weighted by atomic mass is 32.1. The molecule has 29 heavy (non-hydrogen) atoms. The van der Waals surface area contributed by atoms with Gasteiger partial charge in [0.1, 0.15) is 10.7 Å². The van der Waals surface area contributed by atoms with Gasteiger partial charge in [0, 0.05) is 5.38 Å². The lowest BCUT2D eigenvalue weighted by molar-refractivity contribution is 0.102. The molecular weight excluding hydrogens is 406 g/mol. The third-order valence-electron chi connectivity index (χ3n) is 4.42. The van der Waals surface area contributed by atoms with E-state index in [1.165, 1.54) is 28.2 Å². The molecule has 2 heterocycles. The molecule has 0 aliphatic carbocycles. The van der Waals surface area contributed by atoms with Crippen molar-refractivity contribution in [2.24, 2.45) is 0 Å². The van der Waals surface area contributed by atoms with Gasteiger partial charge in [0.05, 0.1) is 30.0 Å². The van der Waals surface area contributed by atoms with E-state index >= 15 is 0 Å². The number of methoxy groups -OCH3 is 2. The fraction of sp³-hybridized carbons (Fsp3) is 0.190. The van der Waals surface area contributed by atoms with Crippen LogP contribution in [-0.4, -0.2) is 30.1 Å². The number of amides is 1. The van der Waals surface area contributed by atoms with Gasteiger partial charge in [-0.05, 0) is 43.2 Å². The van der Waals surface area contributed by atoms with Crippen molar-refractivity contribution in [3.05, 3.63) is 52.5 Å². The van der Waals surface area contributed by atoms with Crippen LogP contribution in [0.25, 0.3) is 20.8 Å². The van der Waals surface area contributed by atoms with Crippen molar-refractivity contribution in [1.29, 1.82) is 0 Å². The second kappa shape index (κ2) is 7.81. The van der Waals surface area contributed by atoms with E-state index in [-0.39, 0.29) is 5.91 Å². The molecular formula is C21H19N3O3S2. The molecule has 0 unspecified atom stereocenters. The van der Waals surface area contributed by atoms with Crippen LogP contribution in [0, 0.1) is 13.8 Å². The average Bonchev–Trinajstić information content (AvgIpc) is 3.34. The summed E-state index contributed by atoms with van der Waals surface area (Å²) in [4.78, 5) is 21.8. The van der Waals surface area contributed by atoms with Gasteiger partial charge in [-0.1, -0.05) is 23.5 Å². The smallest absolute Gasteiger partial charge is 0.276 e. The SMILES string of the molecule is COc1cccc(-c2nc(C(=O)Nc3nc4c(C)cc(C)cc4s3)cs2)c1OC. The largest absolute Gasteiger partial charge is 0.493 e. The number of fused-ring (bicyclic) bond motifs is 1. The fourth-order valence-corrected chi connectivity index (χ4v) is 5.00. The molecule has 6 nitrogen and oxygen atoms in total. The van der Waals surface area contributed by atoms with Crippen LogP contribution in [0.15, 0.2) is 35.7 Å². The quantitative estimate of drug-likeness (QED) is 0.469. The van der Waals surface area contributed by atoms with Gasteiger partial charge in [-0.25, -0.2) is 9.97 Å². The van der Waals surface area contributed by atoms with Crippen LogP contribution >= 0.6 is 22.7 Å². The third-order valence-corrected chi connectivity index (χ3v) is 6.21. The molecule has 0 spiro atoms. The lowest BCUT2D eigenvalue weighted by Crippen LogP contribution is -2.12. The van der Waals surface area contributed by atoms with Crippen LogP contribution < -0.4 is 14.8 Å². The Hall–Kier alpha value is -2.97. The third kappa shape index (κ3) is 3.68. The lowest BCUT2D eigenvalue weighted by Gasteiger charge is -2.10. The number of hydrogen-bond acceptors (Lipinski definition) is 7. The number of para-hydroxylation sites is 1. The van der Waals surface area contributed by atoms with Crippen molar-refractivity contribution in [2.75, 3.05) is 19.5 Å². The van der Waals surface area contributed by atoms with E-state index < -0.39 is 0 Å². The Morgan fingerprint density at radius 2 is 1.93 bits per heavy atom. The van der Waals surface area contributed by atoms with Gasteiger partial charge in [-0.3, -0.25) is 10.1 Å². The highest BCUT2D eigenvalue weighted by Gasteiger charge is 2.18. The predicted molar refractivity (Wildman–Crippen MR) is 118 cm³/mol. The van der Waals surface area contributed by atoms with E-state index in [1.807, 2.05) is 32.0 Å². The van der Waals surface area contributed by atoms with Crippen LogP contribution in [0.3, 0.4) is 0 Å². The minimum absolute atomic E-state index is 0.289. The number of aryl methyl sites for hydroxylation is 2. The molecule has 0 aliphatic heterocycles. The summed E-state index contributed by atoms with van der Waals surface area (Å²) in [7, 11) is 3.17. The number of carbonyl (C=O) groups excluding carboxylic acids is 1. The van der Waals surface area contributed by atoms with Crippen LogP contribution in [-0.2, 0) is 0 Å². The summed E-state index contributed by atoms with van der Waals surface area (Å²) in [6, 6.07) is 9.73. The molecule has 2 aromatic heterocycles. The molecule has 0 aliphatic rings. The highest BCUT2D eigenvalue weighted by Crippen LogP contribution is 2.39. The van der Waals surface area contributed by atoms with Crippen molar-refractivity contribution in [3.8, 4) is 22.1 Å². The molecule has 0 atom stereocenters. The molecule has 4 rings (SSSR count).